The summed E-state index contributed by atoms with van der Waals surface area (Å²) in [5.41, 5.74) is -0.207. The van der Waals surface area contributed by atoms with E-state index in [1.54, 1.807) is 0 Å². The average molecular weight is 234 g/mol. The Bertz CT molecular complexity index is 393. The molecule has 1 N–H and O–H groups in total. The second-order valence-electron chi connectivity index (χ2n) is 3.17. The van der Waals surface area contributed by atoms with Crippen molar-refractivity contribution in [2.24, 2.45) is 0 Å². The Balaban J connectivity index is 2.83. The molecule has 0 aliphatic carbocycles. The highest BCUT2D eigenvalue weighted by molar-refractivity contribution is 5.96. The predicted octanol–water partition coefficient (Wildman–Crippen LogP) is 1.42. The van der Waals surface area contributed by atoms with Gasteiger partial charge in [0.25, 0.3) is 5.91 Å². The Morgan fingerprint density at radius 3 is 2.69 bits per heavy atom. The number of hydrogen-bond acceptors (Lipinski definition) is 3. The fourth-order valence-electron chi connectivity index (χ4n) is 1.11. The summed E-state index contributed by atoms with van der Waals surface area (Å²) in [6.45, 7) is -1.37. The Labute approximate surface area is 89.3 Å². The monoisotopic (exact) mass is 234 g/mol. The molecule has 1 amide bonds. The lowest BCUT2D eigenvalue weighted by Gasteiger charge is -2.19. The number of halogens is 3. The van der Waals surface area contributed by atoms with Crippen molar-refractivity contribution in [1.29, 1.82) is 0 Å². The van der Waals surface area contributed by atoms with Gasteiger partial charge in [-0.25, -0.2) is 0 Å². The van der Waals surface area contributed by atoms with Crippen LogP contribution in [-0.4, -0.2) is 40.7 Å². The minimum atomic E-state index is -4.47. The van der Waals surface area contributed by atoms with E-state index in [4.69, 9.17) is 0 Å². The van der Waals surface area contributed by atoms with Gasteiger partial charge in [-0.15, -0.1) is 0 Å². The van der Waals surface area contributed by atoms with E-state index in [-0.39, 0.29) is 5.56 Å². The molecule has 1 aromatic heterocycles. The molecule has 0 saturated carbocycles. The zero-order valence-corrected chi connectivity index (χ0v) is 8.32. The van der Waals surface area contributed by atoms with Crippen molar-refractivity contribution in [3.63, 3.8) is 0 Å². The molecule has 0 bridgehead atoms. The quantitative estimate of drug-likeness (QED) is 0.841. The molecule has 0 aliphatic rings. The molecular weight excluding hydrogens is 225 g/mol. The Hall–Kier alpha value is -1.79. The van der Waals surface area contributed by atoms with Crippen molar-refractivity contribution in [3.05, 3.63) is 24.0 Å². The summed E-state index contributed by atoms with van der Waals surface area (Å²) in [5.74, 6) is -1.35. The van der Waals surface area contributed by atoms with E-state index in [0.29, 0.717) is 4.90 Å². The molecule has 0 radical (unpaired) electrons. The van der Waals surface area contributed by atoms with Crippen LogP contribution in [0.3, 0.4) is 0 Å². The van der Waals surface area contributed by atoms with Crippen LogP contribution in [0, 0.1) is 0 Å². The summed E-state index contributed by atoms with van der Waals surface area (Å²) in [5, 5.41) is 9.24. The topological polar surface area (TPSA) is 53.4 Å². The van der Waals surface area contributed by atoms with Gasteiger partial charge >= 0.3 is 6.18 Å². The van der Waals surface area contributed by atoms with Gasteiger partial charge in [-0.05, 0) is 6.07 Å². The third kappa shape index (κ3) is 3.11. The van der Waals surface area contributed by atoms with Crippen molar-refractivity contribution >= 4 is 5.91 Å². The van der Waals surface area contributed by atoms with E-state index in [9.17, 15) is 23.1 Å². The molecule has 0 spiro atoms. The maximum absolute atomic E-state index is 12.0. The molecule has 1 aromatic rings. The van der Waals surface area contributed by atoms with Gasteiger partial charge in [0, 0.05) is 13.2 Å². The maximum atomic E-state index is 12.0. The van der Waals surface area contributed by atoms with Gasteiger partial charge in [-0.2, -0.15) is 13.2 Å². The van der Waals surface area contributed by atoms with Gasteiger partial charge < -0.3 is 10.0 Å². The molecule has 0 aromatic carbocycles. The second-order valence-corrected chi connectivity index (χ2v) is 3.17. The summed E-state index contributed by atoms with van der Waals surface area (Å²) >= 11 is 0. The van der Waals surface area contributed by atoms with E-state index in [1.165, 1.54) is 6.20 Å². The summed E-state index contributed by atoms with van der Waals surface area (Å²) in [6.07, 6.45) is -2.25. The third-order valence-corrected chi connectivity index (χ3v) is 1.79. The number of hydrogen-bond donors (Lipinski definition) is 1. The first kappa shape index (κ1) is 12.3. The fourth-order valence-corrected chi connectivity index (χ4v) is 1.11. The number of aromatic hydroxyl groups is 1. The number of carbonyl (C=O) groups is 1. The van der Waals surface area contributed by atoms with Gasteiger partial charge in [0.05, 0.1) is 11.8 Å². The highest BCUT2D eigenvalue weighted by atomic mass is 19.4. The Kier molecular flexibility index (Phi) is 3.36. The van der Waals surface area contributed by atoms with Crippen molar-refractivity contribution in [3.8, 4) is 5.75 Å². The molecule has 0 unspecified atom stereocenters. The number of amides is 1. The maximum Gasteiger partial charge on any atom is 0.406 e. The summed E-state index contributed by atoms with van der Waals surface area (Å²) in [4.78, 5) is 15.5. The first-order chi connectivity index (χ1) is 7.31. The van der Waals surface area contributed by atoms with Crippen LogP contribution in [0.4, 0.5) is 13.2 Å². The van der Waals surface area contributed by atoms with Crippen molar-refractivity contribution in [2.75, 3.05) is 13.6 Å². The second kappa shape index (κ2) is 4.38. The molecule has 88 valence electrons. The zero-order chi connectivity index (χ0) is 12.3. The number of aromatic nitrogens is 1. The van der Waals surface area contributed by atoms with E-state index in [2.05, 4.69) is 4.98 Å². The molecule has 0 atom stereocenters. The fraction of sp³-hybridized carbons (Fsp3) is 0.333. The van der Waals surface area contributed by atoms with Crippen molar-refractivity contribution in [1.82, 2.24) is 9.88 Å². The van der Waals surface area contributed by atoms with E-state index in [0.717, 1.165) is 19.3 Å². The van der Waals surface area contributed by atoms with E-state index >= 15 is 0 Å². The minimum Gasteiger partial charge on any atom is -0.505 e. The summed E-state index contributed by atoms with van der Waals surface area (Å²) < 4.78 is 36.0. The lowest BCUT2D eigenvalue weighted by Crippen LogP contribution is -2.35. The lowest BCUT2D eigenvalue weighted by molar-refractivity contribution is -0.138. The molecule has 7 heteroatoms. The van der Waals surface area contributed by atoms with Gasteiger partial charge in [-0.1, -0.05) is 0 Å². The van der Waals surface area contributed by atoms with Crippen LogP contribution in [0.25, 0.3) is 0 Å². The van der Waals surface area contributed by atoms with Crippen LogP contribution < -0.4 is 0 Å². The number of rotatable bonds is 2. The normalized spacial score (nSPS) is 11.2. The summed E-state index contributed by atoms with van der Waals surface area (Å²) in [6, 6.07) is 1.16. The molecule has 1 heterocycles. The third-order valence-electron chi connectivity index (χ3n) is 1.79. The van der Waals surface area contributed by atoms with E-state index < -0.39 is 24.4 Å². The molecule has 0 fully saturated rings. The SMILES string of the molecule is CN(CC(F)(F)F)C(=O)c1ccncc1O. The van der Waals surface area contributed by atoms with Crippen LogP contribution in [0.1, 0.15) is 10.4 Å². The lowest BCUT2D eigenvalue weighted by atomic mass is 10.2. The van der Waals surface area contributed by atoms with Crippen LogP contribution in [0.15, 0.2) is 18.5 Å². The smallest absolute Gasteiger partial charge is 0.406 e. The van der Waals surface area contributed by atoms with Gasteiger partial charge in [0.15, 0.2) is 0 Å². The molecule has 16 heavy (non-hydrogen) atoms. The number of nitrogens with zero attached hydrogens (tertiary/aromatic N) is 2. The van der Waals surface area contributed by atoms with E-state index in [1.807, 2.05) is 0 Å². The molecule has 0 saturated heterocycles. The first-order valence-corrected chi connectivity index (χ1v) is 4.26. The number of alkyl halides is 3. The van der Waals surface area contributed by atoms with Gasteiger partial charge in [-0.3, -0.25) is 9.78 Å². The minimum absolute atomic E-state index is 0.207. The predicted molar refractivity (Wildman–Crippen MR) is 48.9 cm³/mol. The summed E-state index contributed by atoms with van der Waals surface area (Å²) in [7, 11) is 1.01. The van der Waals surface area contributed by atoms with Crippen LogP contribution in [0.2, 0.25) is 0 Å². The van der Waals surface area contributed by atoms with Crippen molar-refractivity contribution < 1.29 is 23.1 Å². The number of pyridine rings is 1. The number of carbonyl (C=O) groups excluding carboxylic acids is 1. The molecular formula is C9H9F3N2O2. The molecule has 0 aliphatic heterocycles. The van der Waals surface area contributed by atoms with Gasteiger partial charge in [0.1, 0.15) is 12.3 Å². The van der Waals surface area contributed by atoms with Gasteiger partial charge in [0.2, 0.25) is 0 Å². The standard InChI is InChI=1S/C9H9F3N2O2/c1-14(5-9(10,11)12)8(16)6-2-3-13-4-7(6)15/h2-4,15H,5H2,1H3. The highest BCUT2D eigenvalue weighted by Gasteiger charge is 2.32. The Morgan fingerprint density at radius 2 is 2.19 bits per heavy atom. The molecule has 4 nitrogen and oxygen atoms in total. The largest absolute Gasteiger partial charge is 0.505 e. The molecule has 1 rings (SSSR count). The highest BCUT2D eigenvalue weighted by Crippen LogP contribution is 2.20. The average Bonchev–Trinajstić information content (AvgIpc) is 2.15. The first-order valence-electron chi connectivity index (χ1n) is 4.26. The van der Waals surface area contributed by atoms with Crippen molar-refractivity contribution in [2.45, 2.75) is 6.18 Å². The van der Waals surface area contributed by atoms with Crippen LogP contribution in [-0.2, 0) is 0 Å². The zero-order valence-electron chi connectivity index (χ0n) is 8.32. The van der Waals surface area contributed by atoms with Crippen LogP contribution >= 0.6 is 0 Å². The Morgan fingerprint density at radius 1 is 1.56 bits per heavy atom. The van der Waals surface area contributed by atoms with Crippen LogP contribution in [0.5, 0.6) is 5.75 Å².